The van der Waals surface area contributed by atoms with Crippen LogP contribution in [0.2, 0.25) is 0 Å². The molecule has 4 rings (SSSR count). The second-order valence-electron chi connectivity index (χ2n) is 6.92. The second-order valence-corrected chi connectivity index (χ2v) is 7.83. The van der Waals surface area contributed by atoms with Crippen molar-refractivity contribution in [3.8, 4) is 0 Å². The summed E-state index contributed by atoms with van der Waals surface area (Å²) < 4.78 is 14.1. The van der Waals surface area contributed by atoms with Gasteiger partial charge in [0.2, 0.25) is 11.8 Å². The number of rotatable bonds is 3. The van der Waals surface area contributed by atoms with E-state index in [1.807, 2.05) is 48.5 Å². The SMILES string of the molecule is O=C1CN(C(=O)Cc2ccc(F)cc2)[C@@H](c2ccccc2)c2cc(Br)ccc2N1. The summed E-state index contributed by atoms with van der Waals surface area (Å²) in [5, 5.41) is 2.90. The second kappa shape index (κ2) is 8.17. The van der Waals surface area contributed by atoms with Crippen LogP contribution in [-0.2, 0) is 16.0 Å². The Morgan fingerprint density at radius 3 is 2.52 bits per heavy atom. The van der Waals surface area contributed by atoms with Crippen LogP contribution in [0.5, 0.6) is 0 Å². The molecule has 0 spiro atoms. The fraction of sp³-hybridized carbons (Fsp3) is 0.130. The molecule has 0 saturated carbocycles. The van der Waals surface area contributed by atoms with E-state index in [-0.39, 0.29) is 30.6 Å². The number of fused-ring (bicyclic) bond motifs is 1. The Labute approximate surface area is 176 Å². The maximum atomic E-state index is 13.3. The molecule has 6 heteroatoms. The van der Waals surface area contributed by atoms with Crippen molar-refractivity contribution in [3.63, 3.8) is 0 Å². The summed E-state index contributed by atoms with van der Waals surface area (Å²) >= 11 is 3.50. The van der Waals surface area contributed by atoms with Crippen LogP contribution in [0.15, 0.2) is 77.3 Å². The number of halogens is 2. The Balaban J connectivity index is 1.78. The number of amides is 2. The minimum atomic E-state index is -0.421. The maximum absolute atomic E-state index is 13.3. The zero-order valence-electron chi connectivity index (χ0n) is 15.4. The van der Waals surface area contributed by atoms with Crippen LogP contribution in [0.25, 0.3) is 0 Å². The summed E-state index contributed by atoms with van der Waals surface area (Å²) in [5.41, 5.74) is 3.13. The fourth-order valence-corrected chi connectivity index (χ4v) is 3.96. The molecule has 0 bridgehead atoms. The molecule has 0 fully saturated rings. The van der Waals surface area contributed by atoms with Crippen molar-refractivity contribution in [1.82, 2.24) is 4.90 Å². The summed E-state index contributed by atoms with van der Waals surface area (Å²) in [4.78, 5) is 27.4. The van der Waals surface area contributed by atoms with Crippen molar-refractivity contribution < 1.29 is 14.0 Å². The largest absolute Gasteiger partial charge is 0.324 e. The van der Waals surface area contributed by atoms with E-state index >= 15 is 0 Å². The number of anilines is 1. The molecule has 2 amide bonds. The first-order valence-corrected chi connectivity index (χ1v) is 9.99. The Morgan fingerprint density at radius 1 is 1.07 bits per heavy atom. The molecule has 146 valence electrons. The minimum absolute atomic E-state index is 0.0636. The Kier molecular flexibility index (Phi) is 5.45. The number of hydrogen-bond donors (Lipinski definition) is 1. The van der Waals surface area contributed by atoms with Gasteiger partial charge in [0.15, 0.2) is 0 Å². The van der Waals surface area contributed by atoms with Crippen LogP contribution in [-0.4, -0.2) is 23.3 Å². The lowest BCUT2D eigenvalue weighted by atomic mass is 9.95. The smallest absolute Gasteiger partial charge is 0.244 e. The minimum Gasteiger partial charge on any atom is -0.324 e. The molecule has 4 nitrogen and oxygen atoms in total. The molecule has 29 heavy (non-hydrogen) atoms. The highest BCUT2D eigenvalue weighted by atomic mass is 79.9. The number of benzene rings is 3. The van der Waals surface area contributed by atoms with Gasteiger partial charge in [0.05, 0.1) is 12.5 Å². The molecule has 0 saturated heterocycles. The van der Waals surface area contributed by atoms with Gasteiger partial charge in [-0.25, -0.2) is 4.39 Å². The third-order valence-electron chi connectivity index (χ3n) is 4.91. The fourth-order valence-electron chi connectivity index (χ4n) is 3.58. The van der Waals surface area contributed by atoms with Crippen molar-refractivity contribution in [2.24, 2.45) is 0 Å². The zero-order valence-corrected chi connectivity index (χ0v) is 17.0. The molecule has 0 aliphatic carbocycles. The standard InChI is InChI=1S/C23H18BrFN2O2/c24-17-8-11-20-19(13-17)23(16-4-2-1-3-5-16)27(14-21(28)26-20)22(29)12-15-6-9-18(25)10-7-15/h1-11,13,23H,12,14H2,(H,26,28)/t23-/m0/s1. The molecule has 3 aromatic rings. The predicted molar refractivity (Wildman–Crippen MR) is 113 cm³/mol. The summed E-state index contributed by atoms with van der Waals surface area (Å²) in [5.74, 6) is -0.802. The molecule has 1 N–H and O–H groups in total. The maximum Gasteiger partial charge on any atom is 0.244 e. The van der Waals surface area contributed by atoms with Gasteiger partial charge >= 0.3 is 0 Å². The van der Waals surface area contributed by atoms with E-state index in [0.717, 1.165) is 15.6 Å². The van der Waals surface area contributed by atoms with E-state index < -0.39 is 6.04 Å². The van der Waals surface area contributed by atoms with E-state index in [4.69, 9.17) is 0 Å². The topological polar surface area (TPSA) is 49.4 Å². The van der Waals surface area contributed by atoms with E-state index in [0.29, 0.717) is 11.3 Å². The van der Waals surface area contributed by atoms with Crippen LogP contribution in [0.4, 0.5) is 10.1 Å². The predicted octanol–water partition coefficient (Wildman–Crippen LogP) is 4.70. The summed E-state index contributed by atoms with van der Waals surface area (Å²) in [6.07, 6.45) is 0.0836. The van der Waals surface area contributed by atoms with Crippen molar-refractivity contribution in [1.29, 1.82) is 0 Å². The molecular formula is C23H18BrFN2O2. The molecule has 1 aliphatic heterocycles. The first kappa shape index (κ1) is 19.3. The van der Waals surface area contributed by atoms with Crippen LogP contribution < -0.4 is 5.32 Å². The van der Waals surface area contributed by atoms with Gasteiger partial charge in [-0.1, -0.05) is 58.4 Å². The van der Waals surface area contributed by atoms with Gasteiger partial charge in [-0.15, -0.1) is 0 Å². The van der Waals surface area contributed by atoms with Crippen LogP contribution in [0, 0.1) is 5.82 Å². The molecular weight excluding hydrogens is 435 g/mol. The van der Waals surface area contributed by atoms with Gasteiger partial charge < -0.3 is 10.2 Å². The average molecular weight is 453 g/mol. The van der Waals surface area contributed by atoms with Gasteiger partial charge in [-0.2, -0.15) is 0 Å². The lowest BCUT2D eigenvalue weighted by Gasteiger charge is -2.31. The van der Waals surface area contributed by atoms with Crippen molar-refractivity contribution in [2.75, 3.05) is 11.9 Å². The van der Waals surface area contributed by atoms with Crippen molar-refractivity contribution >= 4 is 33.4 Å². The van der Waals surface area contributed by atoms with Gasteiger partial charge in [0, 0.05) is 15.7 Å². The Hall–Kier alpha value is -2.99. The lowest BCUT2D eigenvalue weighted by Crippen LogP contribution is -2.39. The van der Waals surface area contributed by atoms with Crippen LogP contribution in [0.1, 0.15) is 22.7 Å². The first-order valence-electron chi connectivity index (χ1n) is 9.19. The highest BCUT2D eigenvalue weighted by molar-refractivity contribution is 9.10. The van der Waals surface area contributed by atoms with E-state index in [1.54, 1.807) is 17.0 Å². The normalized spacial score (nSPS) is 16.0. The van der Waals surface area contributed by atoms with Gasteiger partial charge in [-0.3, -0.25) is 9.59 Å². The number of nitrogens with one attached hydrogen (secondary N) is 1. The van der Waals surface area contributed by atoms with Crippen molar-refractivity contribution in [3.05, 3.63) is 99.8 Å². The third kappa shape index (κ3) is 4.22. The highest BCUT2D eigenvalue weighted by Gasteiger charge is 2.33. The quantitative estimate of drug-likeness (QED) is 0.625. The van der Waals surface area contributed by atoms with E-state index in [9.17, 15) is 14.0 Å². The monoisotopic (exact) mass is 452 g/mol. The van der Waals surface area contributed by atoms with E-state index in [2.05, 4.69) is 21.2 Å². The lowest BCUT2D eigenvalue weighted by molar-refractivity contribution is -0.135. The molecule has 1 atom stereocenters. The van der Waals surface area contributed by atoms with Crippen LogP contribution >= 0.6 is 15.9 Å². The molecule has 3 aromatic carbocycles. The van der Waals surface area contributed by atoms with Gasteiger partial charge in [0.25, 0.3) is 0 Å². The summed E-state index contributed by atoms with van der Waals surface area (Å²) in [6.45, 7) is -0.0636. The van der Waals surface area contributed by atoms with Crippen LogP contribution in [0.3, 0.4) is 0 Å². The third-order valence-corrected chi connectivity index (χ3v) is 5.41. The number of carbonyl (C=O) groups is 2. The van der Waals surface area contributed by atoms with E-state index in [1.165, 1.54) is 12.1 Å². The molecule has 0 aromatic heterocycles. The number of hydrogen-bond acceptors (Lipinski definition) is 2. The number of nitrogens with zero attached hydrogens (tertiary/aromatic N) is 1. The van der Waals surface area contributed by atoms with Gasteiger partial charge in [-0.05, 0) is 41.5 Å². The summed E-state index contributed by atoms with van der Waals surface area (Å²) in [6, 6.07) is 20.7. The van der Waals surface area contributed by atoms with Crippen molar-refractivity contribution in [2.45, 2.75) is 12.5 Å². The van der Waals surface area contributed by atoms with Gasteiger partial charge in [0.1, 0.15) is 12.4 Å². The summed E-state index contributed by atoms with van der Waals surface area (Å²) in [7, 11) is 0. The zero-order chi connectivity index (χ0) is 20.4. The average Bonchev–Trinajstić information content (AvgIpc) is 2.86. The molecule has 1 aliphatic rings. The number of carbonyl (C=O) groups excluding carboxylic acids is 2. The first-order chi connectivity index (χ1) is 14.0. The molecule has 0 unspecified atom stereocenters. The molecule has 1 heterocycles. The Morgan fingerprint density at radius 2 is 1.79 bits per heavy atom. The Bertz CT molecular complexity index is 1050. The molecule has 0 radical (unpaired) electrons. The highest BCUT2D eigenvalue weighted by Crippen LogP contribution is 2.37.